The van der Waals surface area contributed by atoms with Crippen LogP contribution < -0.4 is 0 Å². The fraction of sp³-hybridized carbons (Fsp3) is 0.571. The number of esters is 2. The highest BCUT2D eigenvalue weighted by atomic mass is 32.2. The minimum Gasteiger partial charge on any atom is -0.462 e. The van der Waals surface area contributed by atoms with Crippen molar-refractivity contribution in [1.29, 1.82) is 0 Å². The van der Waals surface area contributed by atoms with Crippen LogP contribution in [0.25, 0.3) is 0 Å². The SMILES string of the molecule is CCCCOC(=O)c1cc(S(=O)(=O)O)c(C(=O)OCCCC)s1. The number of rotatable bonds is 9. The molecule has 0 amide bonds. The van der Waals surface area contributed by atoms with Gasteiger partial charge in [0.15, 0.2) is 0 Å². The van der Waals surface area contributed by atoms with Gasteiger partial charge >= 0.3 is 11.9 Å². The molecule has 0 aromatic carbocycles. The van der Waals surface area contributed by atoms with Crippen molar-refractivity contribution < 1.29 is 32.0 Å². The van der Waals surface area contributed by atoms with E-state index in [0.717, 1.165) is 18.9 Å². The van der Waals surface area contributed by atoms with E-state index in [2.05, 4.69) is 0 Å². The molecule has 1 heterocycles. The van der Waals surface area contributed by atoms with E-state index >= 15 is 0 Å². The highest BCUT2D eigenvalue weighted by Crippen LogP contribution is 2.28. The molecule has 7 nitrogen and oxygen atoms in total. The van der Waals surface area contributed by atoms with Gasteiger partial charge in [0.2, 0.25) is 0 Å². The first-order valence-electron chi connectivity index (χ1n) is 7.26. The van der Waals surface area contributed by atoms with E-state index in [1.54, 1.807) is 0 Å². The van der Waals surface area contributed by atoms with Gasteiger partial charge in [0, 0.05) is 0 Å². The number of carbonyl (C=O) groups is 2. The summed E-state index contributed by atoms with van der Waals surface area (Å²) in [7, 11) is -4.65. The standard InChI is InChI=1S/C14H20O7S2/c1-3-5-7-20-13(15)10-9-11(23(17,18)19)12(22-10)14(16)21-8-6-4-2/h9H,3-8H2,1-2H3,(H,17,18,19). The molecular weight excluding hydrogens is 344 g/mol. The van der Waals surface area contributed by atoms with Gasteiger partial charge in [-0.1, -0.05) is 26.7 Å². The van der Waals surface area contributed by atoms with Gasteiger partial charge in [-0.2, -0.15) is 8.42 Å². The molecule has 0 bridgehead atoms. The molecule has 0 aliphatic heterocycles. The van der Waals surface area contributed by atoms with E-state index in [-0.39, 0.29) is 23.0 Å². The van der Waals surface area contributed by atoms with Crippen LogP contribution in [0.1, 0.15) is 58.9 Å². The van der Waals surface area contributed by atoms with E-state index in [1.165, 1.54) is 0 Å². The predicted molar refractivity (Wildman–Crippen MR) is 84.5 cm³/mol. The molecule has 0 aliphatic rings. The number of hydrogen-bond acceptors (Lipinski definition) is 7. The quantitative estimate of drug-likeness (QED) is 0.408. The normalized spacial score (nSPS) is 11.3. The summed E-state index contributed by atoms with van der Waals surface area (Å²) in [6, 6.07) is 0.935. The number of unbranched alkanes of at least 4 members (excludes halogenated alkanes) is 2. The summed E-state index contributed by atoms with van der Waals surface area (Å²) in [5.74, 6) is -1.62. The molecule has 130 valence electrons. The fourth-order valence-electron chi connectivity index (χ4n) is 1.56. The molecule has 0 radical (unpaired) electrons. The maximum atomic E-state index is 11.9. The number of carbonyl (C=O) groups excluding carboxylic acids is 2. The highest BCUT2D eigenvalue weighted by Gasteiger charge is 2.28. The third-order valence-corrected chi connectivity index (χ3v) is 4.93. The second-order valence-corrected chi connectivity index (χ2v) is 7.20. The summed E-state index contributed by atoms with van der Waals surface area (Å²) in [6.45, 7) is 4.17. The summed E-state index contributed by atoms with van der Waals surface area (Å²) < 4.78 is 41.9. The molecule has 0 aliphatic carbocycles. The minimum atomic E-state index is -4.65. The topological polar surface area (TPSA) is 107 Å². The number of ether oxygens (including phenoxy) is 2. The van der Waals surface area contributed by atoms with Crippen molar-refractivity contribution in [2.75, 3.05) is 13.2 Å². The largest absolute Gasteiger partial charge is 0.462 e. The summed E-state index contributed by atoms with van der Waals surface area (Å²) in [6.07, 6.45) is 2.94. The molecule has 0 spiro atoms. The zero-order valence-corrected chi connectivity index (χ0v) is 14.7. The van der Waals surface area contributed by atoms with Gasteiger partial charge in [-0.25, -0.2) is 9.59 Å². The maximum absolute atomic E-state index is 11.9. The van der Waals surface area contributed by atoms with E-state index in [4.69, 9.17) is 9.47 Å². The Labute approximate surface area is 139 Å². The van der Waals surface area contributed by atoms with E-state index < -0.39 is 27.0 Å². The highest BCUT2D eigenvalue weighted by molar-refractivity contribution is 7.86. The summed E-state index contributed by atoms with van der Waals surface area (Å²) in [5, 5.41) is 0. The number of hydrogen-bond donors (Lipinski definition) is 1. The molecule has 0 atom stereocenters. The van der Waals surface area contributed by atoms with Crippen LogP contribution in [0.4, 0.5) is 0 Å². The molecule has 9 heteroatoms. The molecule has 0 unspecified atom stereocenters. The molecular formula is C14H20O7S2. The molecule has 0 saturated carbocycles. The van der Waals surface area contributed by atoms with Gasteiger partial charge in [0.05, 0.1) is 13.2 Å². The molecule has 0 fully saturated rings. The Morgan fingerprint density at radius 3 is 2.09 bits per heavy atom. The zero-order valence-electron chi connectivity index (χ0n) is 13.0. The number of thiophene rings is 1. The first kappa shape index (κ1) is 19.6. The van der Waals surface area contributed by atoms with Crippen LogP contribution in [-0.2, 0) is 19.6 Å². The van der Waals surface area contributed by atoms with Gasteiger partial charge in [0.1, 0.15) is 14.6 Å². The van der Waals surface area contributed by atoms with Crippen LogP contribution in [-0.4, -0.2) is 38.1 Å². The average Bonchev–Trinajstić information content (AvgIpc) is 2.93. The lowest BCUT2D eigenvalue weighted by atomic mass is 10.3. The van der Waals surface area contributed by atoms with Crippen molar-refractivity contribution >= 4 is 33.4 Å². The van der Waals surface area contributed by atoms with Gasteiger partial charge < -0.3 is 9.47 Å². The molecule has 0 saturated heterocycles. The van der Waals surface area contributed by atoms with Gasteiger partial charge in [-0.05, 0) is 18.9 Å². The molecule has 1 aromatic heterocycles. The molecule has 1 rings (SSSR count). The van der Waals surface area contributed by atoms with Crippen molar-refractivity contribution in [2.45, 2.75) is 44.4 Å². The van der Waals surface area contributed by atoms with Crippen molar-refractivity contribution in [3.63, 3.8) is 0 Å². The maximum Gasteiger partial charge on any atom is 0.349 e. The lowest BCUT2D eigenvalue weighted by Gasteiger charge is -2.03. The Hall–Kier alpha value is -1.45. The van der Waals surface area contributed by atoms with E-state index in [1.807, 2.05) is 13.8 Å². The molecule has 1 aromatic rings. The lowest BCUT2D eigenvalue weighted by Crippen LogP contribution is -2.09. The van der Waals surface area contributed by atoms with Gasteiger partial charge in [-0.3, -0.25) is 4.55 Å². The molecule has 1 N–H and O–H groups in total. The first-order valence-corrected chi connectivity index (χ1v) is 9.52. The van der Waals surface area contributed by atoms with Crippen LogP contribution in [0.3, 0.4) is 0 Å². The zero-order chi connectivity index (χ0) is 17.5. The third kappa shape index (κ3) is 5.92. The Bertz CT molecular complexity index is 646. The van der Waals surface area contributed by atoms with Crippen LogP contribution in [0.5, 0.6) is 0 Å². The second-order valence-electron chi connectivity index (χ2n) is 4.76. The van der Waals surface area contributed by atoms with Crippen molar-refractivity contribution in [1.82, 2.24) is 0 Å². The summed E-state index contributed by atoms with van der Waals surface area (Å²) >= 11 is 0.630. The predicted octanol–water partition coefficient (Wildman–Crippen LogP) is 2.91. The fourth-order valence-corrected chi connectivity index (χ4v) is 3.50. The Balaban J connectivity index is 3.00. The van der Waals surface area contributed by atoms with E-state index in [0.29, 0.717) is 24.2 Å². The van der Waals surface area contributed by atoms with Gasteiger partial charge in [0.25, 0.3) is 10.1 Å². The Morgan fingerprint density at radius 1 is 1.09 bits per heavy atom. The van der Waals surface area contributed by atoms with Crippen LogP contribution in [0.2, 0.25) is 0 Å². The van der Waals surface area contributed by atoms with Crippen molar-refractivity contribution in [3.05, 3.63) is 15.8 Å². The molecule has 23 heavy (non-hydrogen) atoms. The minimum absolute atomic E-state index is 0.0730. The monoisotopic (exact) mass is 364 g/mol. The van der Waals surface area contributed by atoms with Crippen LogP contribution >= 0.6 is 11.3 Å². The summed E-state index contributed by atoms with van der Waals surface area (Å²) in [5.41, 5.74) is 0. The van der Waals surface area contributed by atoms with Crippen molar-refractivity contribution in [3.8, 4) is 0 Å². The average molecular weight is 364 g/mol. The van der Waals surface area contributed by atoms with Crippen LogP contribution in [0.15, 0.2) is 11.0 Å². The first-order chi connectivity index (χ1) is 10.8. The van der Waals surface area contributed by atoms with Crippen LogP contribution in [0, 0.1) is 0 Å². The van der Waals surface area contributed by atoms with E-state index in [9.17, 15) is 22.6 Å². The van der Waals surface area contributed by atoms with Gasteiger partial charge in [-0.15, -0.1) is 11.3 Å². The summed E-state index contributed by atoms with van der Waals surface area (Å²) in [4.78, 5) is 22.8. The smallest absolute Gasteiger partial charge is 0.349 e. The van der Waals surface area contributed by atoms with Crippen molar-refractivity contribution in [2.24, 2.45) is 0 Å². The Morgan fingerprint density at radius 2 is 1.61 bits per heavy atom. The lowest BCUT2D eigenvalue weighted by molar-refractivity contribution is 0.0495. The Kier molecular flexibility index (Phi) is 7.66. The second kappa shape index (κ2) is 8.99. The third-order valence-electron chi connectivity index (χ3n) is 2.82.